The first-order valence-corrected chi connectivity index (χ1v) is 7.70. The third-order valence-electron chi connectivity index (χ3n) is 3.57. The molecule has 0 atom stereocenters. The van der Waals surface area contributed by atoms with Crippen LogP contribution in [0, 0.1) is 6.92 Å². The van der Waals surface area contributed by atoms with E-state index in [4.69, 9.17) is 0 Å². The molecule has 0 unspecified atom stereocenters. The van der Waals surface area contributed by atoms with Gasteiger partial charge in [-0.2, -0.15) is 0 Å². The molecule has 1 heterocycles. The fraction of sp³-hybridized carbons (Fsp3) is 0.105. The van der Waals surface area contributed by atoms with Crippen molar-refractivity contribution in [2.24, 2.45) is 0 Å². The first kappa shape index (κ1) is 15.7. The minimum absolute atomic E-state index is 0.255. The van der Waals surface area contributed by atoms with Gasteiger partial charge in [-0.15, -0.1) is 0 Å². The van der Waals surface area contributed by atoms with E-state index < -0.39 is 0 Å². The fourth-order valence-electron chi connectivity index (χ4n) is 2.25. The lowest BCUT2D eigenvalue weighted by atomic mass is 10.2. The van der Waals surface area contributed by atoms with Crippen LogP contribution < -0.4 is 10.6 Å². The molecule has 0 bridgehead atoms. The molecule has 0 aliphatic heterocycles. The average Bonchev–Trinajstić information content (AvgIpc) is 2.63. The van der Waals surface area contributed by atoms with E-state index in [2.05, 4.69) is 20.6 Å². The quantitative estimate of drug-likeness (QED) is 0.753. The Morgan fingerprint density at radius 2 is 1.75 bits per heavy atom. The highest BCUT2D eigenvalue weighted by Gasteiger charge is 2.10. The van der Waals surface area contributed by atoms with E-state index in [0.717, 1.165) is 16.8 Å². The summed E-state index contributed by atoms with van der Waals surface area (Å²) in [5.41, 5.74) is 3.22. The van der Waals surface area contributed by atoms with Crippen molar-refractivity contribution in [2.45, 2.75) is 13.5 Å². The van der Waals surface area contributed by atoms with E-state index in [1.165, 1.54) is 0 Å². The largest absolute Gasteiger partial charge is 0.350 e. The van der Waals surface area contributed by atoms with Gasteiger partial charge in [0, 0.05) is 18.4 Å². The van der Waals surface area contributed by atoms with Crippen LogP contribution in [0.3, 0.4) is 0 Å². The van der Waals surface area contributed by atoms with Crippen molar-refractivity contribution in [3.8, 4) is 0 Å². The summed E-state index contributed by atoms with van der Waals surface area (Å²) in [7, 11) is 0. The zero-order valence-electron chi connectivity index (χ0n) is 13.4. The van der Waals surface area contributed by atoms with Crippen molar-refractivity contribution in [3.05, 3.63) is 83.7 Å². The molecule has 5 nitrogen and oxygen atoms in total. The minimum Gasteiger partial charge on any atom is -0.350 e. The average molecular weight is 318 g/mol. The third-order valence-corrected chi connectivity index (χ3v) is 3.57. The topological polar surface area (TPSA) is 66.9 Å². The number of amides is 1. The van der Waals surface area contributed by atoms with Crippen LogP contribution >= 0.6 is 0 Å². The van der Waals surface area contributed by atoms with Crippen LogP contribution in [-0.4, -0.2) is 15.9 Å². The Kier molecular flexibility index (Phi) is 4.81. The van der Waals surface area contributed by atoms with Gasteiger partial charge in [0.15, 0.2) is 0 Å². The molecule has 0 fully saturated rings. The summed E-state index contributed by atoms with van der Waals surface area (Å²) in [6.07, 6.45) is 1.58. The zero-order chi connectivity index (χ0) is 16.8. The maximum Gasteiger partial charge on any atom is 0.274 e. The Bertz CT molecular complexity index is 834. The number of aryl methyl sites for hydroxylation is 1. The molecule has 0 aliphatic carbocycles. The Morgan fingerprint density at radius 1 is 1.00 bits per heavy atom. The standard InChI is InChI=1S/C19H18N4O/c1-14-7-5-6-10-16(14)22-18(24)17-11-12-20-19(23-17)21-13-15-8-3-2-4-9-15/h2-12H,13H2,1H3,(H,22,24)(H,20,21,23). The Morgan fingerprint density at radius 3 is 2.54 bits per heavy atom. The fourth-order valence-corrected chi connectivity index (χ4v) is 2.25. The molecule has 0 saturated carbocycles. The normalized spacial score (nSPS) is 10.2. The summed E-state index contributed by atoms with van der Waals surface area (Å²) in [6, 6.07) is 19.2. The third kappa shape index (κ3) is 3.95. The van der Waals surface area contributed by atoms with Gasteiger partial charge >= 0.3 is 0 Å². The first-order valence-electron chi connectivity index (χ1n) is 7.70. The van der Waals surface area contributed by atoms with Gasteiger partial charge in [-0.3, -0.25) is 4.79 Å². The number of hydrogen-bond donors (Lipinski definition) is 2. The van der Waals surface area contributed by atoms with Gasteiger partial charge in [0.05, 0.1) is 0 Å². The van der Waals surface area contributed by atoms with Crippen LogP contribution in [0.4, 0.5) is 11.6 Å². The van der Waals surface area contributed by atoms with E-state index in [0.29, 0.717) is 18.2 Å². The molecule has 24 heavy (non-hydrogen) atoms. The highest BCUT2D eigenvalue weighted by atomic mass is 16.1. The lowest BCUT2D eigenvalue weighted by Gasteiger charge is -2.09. The second kappa shape index (κ2) is 7.37. The smallest absolute Gasteiger partial charge is 0.274 e. The van der Waals surface area contributed by atoms with E-state index in [-0.39, 0.29) is 5.91 Å². The number of anilines is 2. The maximum atomic E-state index is 12.4. The molecule has 0 radical (unpaired) electrons. The molecule has 3 aromatic rings. The van der Waals surface area contributed by atoms with E-state index in [1.54, 1.807) is 12.3 Å². The Labute approximate surface area is 140 Å². The number of nitrogens with zero attached hydrogens (tertiary/aromatic N) is 2. The summed E-state index contributed by atoms with van der Waals surface area (Å²) >= 11 is 0. The number of para-hydroxylation sites is 1. The predicted molar refractivity (Wildman–Crippen MR) is 94.9 cm³/mol. The monoisotopic (exact) mass is 318 g/mol. The van der Waals surface area contributed by atoms with Crippen molar-refractivity contribution < 1.29 is 4.79 Å². The molecule has 2 N–H and O–H groups in total. The van der Waals surface area contributed by atoms with E-state index in [1.807, 2.05) is 61.5 Å². The second-order valence-electron chi connectivity index (χ2n) is 5.37. The number of benzene rings is 2. The van der Waals surface area contributed by atoms with Gasteiger partial charge in [0.2, 0.25) is 5.95 Å². The van der Waals surface area contributed by atoms with Gasteiger partial charge in [0.1, 0.15) is 5.69 Å². The summed E-state index contributed by atoms with van der Waals surface area (Å²) < 4.78 is 0. The molecular formula is C19H18N4O. The molecular weight excluding hydrogens is 300 g/mol. The molecule has 0 aliphatic rings. The van der Waals surface area contributed by atoms with Crippen LogP contribution in [0.25, 0.3) is 0 Å². The van der Waals surface area contributed by atoms with Gasteiger partial charge in [0.25, 0.3) is 5.91 Å². The van der Waals surface area contributed by atoms with E-state index >= 15 is 0 Å². The highest BCUT2D eigenvalue weighted by molar-refractivity contribution is 6.03. The van der Waals surface area contributed by atoms with Gasteiger partial charge in [-0.1, -0.05) is 48.5 Å². The zero-order valence-corrected chi connectivity index (χ0v) is 13.4. The number of nitrogens with one attached hydrogen (secondary N) is 2. The van der Waals surface area contributed by atoms with Crippen molar-refractivity contribution in [1.82, 2.24) is 9.97 Å². The number of rotatable bonds is 5. The van der Waals surface area contributed by atoms with Crippen molar-refractivity contribution >= 4 is 17.5 Å². The molecule has 3 rings (SSSR count). The van der Waals surface area contributed by atoms with Crippen LogP contribution in [0.1, 0.15) is 21.6 Å². The van der Waals surface area contributed by atoms with Gasteiger partial charge in [-0.05, 0) is 30.2 Å². The van der Waals surface area contributed by atoms with Crippen molar-refractivity contribution in [3.63, 3.8) is 0 Å². The number of aromatic nitrogens is 2. The molecule has 1 aromatic heterocycles. The SMILES string of the molecule is Cc1ccccc1NC(=O)c1ccnc(NCc2ccccc2)n1. The van der Waals surface area contributed by atoms with Crippen LogP contribution in [0.5, 0.6) is 0 Å². The summed E-state index contributed by atoms with van der Waals surface area (Å²) in [4.78, 5) is 20.8. The Balaban J connectivity index is 1.68. The minimum atomic E-state index is -0.255. The summed E-state index contributed by atoms with van der Waals surface area (Å²) in [5.74, 6) is 0.172. The van der Waals surface area contributed by atoms with Crippen LogP contribution in [-0.2, 0) is 6.54 Å². The maximum absolute atomic E-state index is 12.4. The molecule has 1 amide bonds. The molecule has 120 valence electrons. The summed E-state index contributed by atoms with van der Waals surface area (Å²) in [6.45, 7) is 2.55. The highest BCUT2D eigenvalue weighted by Crippen LogP contribution is 2.14. The van der Waals surface area contributed by atoms with E-state index in [9.17, 15) is 4.79 Å². The number of hydrogen-bond acceptors (Lipinski definition) is 4. The molecule has 0 saturated heterocycles. The predicted octanol–water partition coefficient (Wildman–Crippen LogP) is 3.65. The lowest BCUT2D eigenvalue weighted by molar-refractivity contribution is 0.102. The number of carbonyl (C=O) groups excluding carboxylic acids is 1. The van der Waals surface area contributed by atoms with Gasteiger partial charge < -0.3 is 10.6 Å². The molecule has 5 heteroatoms. The van der Waals surface area contributed by atoms with Gasteiger partial charge in [-0.25, -0.2) is 9.97 Å². The first-order chi connectivity index (χ1) is 11.7. The van der Waals surface area contributed by atoms with Crippen LogP contribution in [0.15, 0.2) is 66.9 Å². The summed E-state index contributed by atoms with van der Waals surface area (Å²) in [5, 5.41) is 6.00. The van der Waals surface area contributed by atoms with Crippen molar-refractivity contribution in [1.29, 1.82) is 0 Å². The second-order valence-corrected chi connectivity index (χ2v) is 5.37. The Hall–Kier alpha value is -3.21. The van der Waals surface area contributed by atoms with Crippen LogP contribution in [0.2, 0.25) is 0 Å². The number of carbonyl (C=O) groups is 1. The molecule has 0 spiro atoms. The lowest BCUT2D eigenvalue weighted by Crippen LogP contribution is -2.16. The van der Waals surface area contributed by atoms with Crippen molar-refractivity contribution in [2.75, 3.05) is 10.6 Å². The molecule has 2 aromatic carbocycles.